The highest BCUT2D eigenvalue weighted by Gasteiger charge is 2.24. The van der Waals surface area contributed by atoms with Gasteiger partial charge in [-0.2, -0.15) is 0 Å². The Morgan fingerprint density at radius 2 is 2.11 bits per heavy atom. The van der Waals surface area contributed by atoms with Crippen molar-refractivity contribution in [2.75, 3.05) is 18.5 Å². The molecule has 3 rings (SSSR count). The van der Waals surface area contributed by atoms with Crippen LogP contribution in [0.1, 0.15) is 25.7 Å². The van der Waals surface area contributed by atoms with Gasteiger partial charge in [0, 0.05) is 25.5 Å². The Bertz CT molecular complexity index is 537. The first-order valence-corrected chi connectivity index (χ1v) is 7.15. The molecular weight excluding hydrogens is 238 g/mol. The second-order valence-electron chi connectivity index (χ2n) is 5.43. The van der Waals surface area contributed by atoms with Crippen molar-refractivity contribution in [1.82, 2.24) is 9.38 Å². The maximum Gasteiger partial charge on any atom is 0.138 e. The zero-order valence-corrected chi connectivity index (χ0v) is 11.1. The van der Waals surface area contributed by atoms with Gasteiger partial charge in [0.1, 0.15) is 11.5 Å². The molecule has 2 aromatic heterocycles. The summed E-state index contributed by atoms with van der Waals surface area (Å²) in [4.78, 5) is 4.29. The van der Waals surface area contributed by atoms with Gasteiger partial charge in [0.25, 0.3) is 0 Å². The van der Waals surface area contributed by atoms with E-state index in [1.165, 1.54) is 19.3 Å². The van der Waals surface area contributed by atoms with Crippen LogP contribution in [-0.4, -0.2) is 27.6 Å². The van der Waals surface area contributed by atoms with E-state index in [2.05, 4.69) is 20.8 Å². The van der Waals surface area contributed by atoms with Crippen LogP contribution in [-0.2, 0) is 0 Å². The van der Waals surface area contributed by atoms with Gasteiger partial charge in [-0.05, 0) is 36.8 Å². The van der Waals surface area contributed by atoms with Gasteiger partial charge in [0.2, 0.25) is 0 Å². The molecule has 0 aromatic carbocycles. The number of rotatable bonds is 4. The minimum absolute atomic E-state index is 0.321. The largest absolute Gasteiger partial charge is 0.396 e. The van der Waals surface area contributed by atoms with Crippen molar-refractivity contribution < 1.29 is 5.11 Å². The van der Waals surface area contributed by atoms with E-state index in [0.717, 1.165) is 24.4 Å². The summed E-state index contributed by atoms with van der Waals surface area (Å²) in [6.07, 6.45) is 8.73. The Morgan fingerprint density at radius 3 is 2.95 bits per heavy atom. The maximum absolute atomic E-state index is 9.45. The number of nitrogens with one attached hydrogen (secondary N) is 1. The van der Waals surface area contributed by atoms with Crippen molar-refractivity contribution in [3.63, 3.8) is 0 Å². The molecule has 0 amide bonds. The first-order valence-electron chi connectivity index (χ1n) is 7.15. The average Bonchev–Trinajstić information content (AvgIpc) is 2.94. The third-order valence-electron chi connectivity index (χ3n) is 4.27. The summed E-state index contributed by atoms with van der Waals surface area (Å²) in [5.41, 5.74) is 0.965. The molecule has 0 bridgehead atoms. The second kappa shape index (κ2) is 5.61. The molecule has 4 nitrogen and oxygen atoms in total. The summed E-state index contributed by atoms with van der Waals surface area (Å²) < 4.78 is 2.07. The molecule has 2 heterocycles. The highest BCUT2D eigenvalue weighted by Crippen LogP contribution is 2.29. The number of nitrogens with zero attached hydrogens (tertiary/aromatic N) is 2. The molecule has 1 fully saturated rings. The fourth-order valence-corrected chi connectivity index (χ4v) is 3.12. The molecule has 19 heavy (non-hydrogen) atoms. The summed E-state index contributed by atoms with van der Waals surface area (Å²) in [6, 6.07) is 6.10. The first kappa shape index (κ1) is 12.5. The summed E-state index contributed by atoms with van der Waals surface area (Å²) in [5.74, 6) is 2.12. The van der Waals surface area contributed by atoms with E-state index in [-0.39, 0.29) is 0 Å². The van der Waals surface area contributed by atoms with Crippen molar-refractivity contribution in [3.8, 4) is 0 Å². The van der Waals surface area contributed by atoms with Crippen molar-refractivity contribution in [1.29, 1.82) is 0 Å². The summed E-state index contributed by atoms with van der Waals surface area (Å²) in [5, 5.41) is 13.0. The number of aliphatic hydroxyl groups is 1. The Hall–Kier alpha value is -1.55. The second-order valence-corrected chi connectivity index (χ2v) is 5.43. The molecule has 4 heteroatoms. The van der Waals surface area contributed by atoms with Crippen LogP contribution < -0.4 is 5.32 Å². The number of anilines is 1. The molecule has 2 aromatic rings. The normalized spacial score (nSPS) is 23.6. The Balaban J connectivity index is 1.69. The summed E-state index contributed by atoms with van der Waals surface area (Å²) in [6.45, 7) is 1.25. The molecule has 2 unspecified atom stereocenters. The monoisotopic (exact) mass is 259 g/mol. The minimum Gasteiger partial charge on any atom is -0.396 e. The van der Waals surface area contributed by atoms with Crippen LogP contribution in [0.2, 0.25) is 0 Å². The van der Waals surface area contributed by atoms with E-state index < -0.39 is 0 Å². The lowest BCUT2D eigenvalue weighted by Gasteiger charge is -2.30. The number of aliphatic hydroxyl groups excluding tert-OH is 1. The fraction of sp³-hybridized carbons (Fsp3) is 0.533. The van der Waals surface area contributed by atoms with Gasteiger partial charge in [0.05, 0.1) is 0 Å². The number of pyridine rings is 1. The average molecular weight is 259 g/mol. The quantitative estimate of drug-likeness (QED) is 0.887. The standard InChI is InChI=1S/C15H21N3O/c19-11-13-5-2-1-4-12(13)10-17-15-7-3-6-14-16-8-9-18(14)15/h3,6-9,12-13,17,19H,1-2,4-5,10-11H2. The predicted molar refractivity (Wildman–Crippen MR) is 76.2 cm³/mol. The third kappa shape index (κ3) is 2.59. The number of hydrogen-bond acceptors (Lipinski definition) is 3. The van der Waals surface area contributed by atoms with Gasteiger partial charge >= 0.3 is 0 Å². The van der Waals surface area contributed by atoms with E-state index in [0.29, 0.717) is 18.4 Å². The van der Waals surface area contributed by atoms with Gasteiger partial charge in [-0.1, -0.05) is 18.9 Å². The van der Waals surface area contributed by atoms with Gasteiger partial charge in [0.15, 0.2) is 0 Å². The highest BCUT2D eigenvalue weighted by atomic mass is 16.3. The molecule has 1 saturated carbocycles. The highest BCUT2D eigenvalue weighted by molar-refractivity contribution is 5.49. The van der Waals surface area contributed by atoms with E-state index in [4.69, 9.17) is 0 Å². The molecule has 0 aliphatic heterocycles. The van der Waals surface area contributed by atoms with Crippen molar-refractivity contribution >= 4 is 11.5 Å². The van der Waals surface area contributed by atoms with E-state index in [1.54, 1.807) is 0 Å². The molecule has 1 aliphatic rings. The predicted octanol–water partition coefficient (Wildman–Crippen LogP) is 2.54. The smallest absolute Gasteiger partial charge is 0.138 e. The van der Waals surface area contributed by atoms with Crippen LogP contribution in [0.5, 0.6) is 0 Å². The number of imidazole rings is 1. The molecular formula is C15H21N3O. The van der Waals surface area contributed by atoms with Crippen LogP contribution in [0.15, 0.2) is 30.6 Å². The lowest BCUT2D eigenvalue weighted by molar-refractivity contribution is 0.141. The Labute approximate surface area is 113 Å². The molecule has 102 valence electrons. The zero-order valence-electron chi connectivity index (χ0n) is 11.1. The first-order chi connectivity index (χ1) is 9.38. The molecule has 0 spiro atoms. The fourth-order valence-electron chi connectivity index (χ4n) is 3.12. The zero-order chi connectivity index (χ0) is 13.1. The van der Waals surface area contributed by atoms with E-state index >= 15 is 0 Å². The molecule has 0 saturated heterocycles. The number of fused-ring (bicyclic) bond motifs is 1. The maximum atomic E-state index is 9.45. The van der Waals surface area contributed by atoms with Crippen LogP contribution in [0.25, 0.3) is 5.65 Å². The molecule has 2 atom stereocenters. The van der Waals surface area contributed by atoms with Crippen LogP contribution in [0.3, 0.4) is 0 Å². The van der Waals surface area contributed by atoms with Crippen molar-refractivity contribution in [2.45, 2.75) is 25.7 Å². The molecule has 0 radical (unpaired) electrons. The van der Waals surface area contributed by atoms with Crippen LogP contribution in [0, 0.1) is 11.8 Å². The summed E-state index contributed by atoms with van der Waals surface area (Å²) >= 11 is 0. The van der Waals surface area contributed by atoms with Crippen molar-refractivity contribution in [3.05, 3.63) is 30.6 Å². The van der Waals surface area contributed by atoms with Gasteiger partial charge in [-0.15, -0.1) is 0 Å². The van der Waals surface area contributed by atoms with E-state index in [9.17, 15) is 5.11 Å². The van der Waals surface area contributed by atoms with Crippen LogP contribution >= 0.6 is 0 Å². The molecule has 2 N–H and O–H groups in total. The number of hydrogen-bond donors (Lipinski definition) is 2. The Morgan fingerprint density at radius 1 is 1.26 bits per heavy atom. The van der Waals surface area contributed by atoms with Crippen LogP contribution in [0.4, 0.5) is 5.82 Å². The lowest BCUT2D eigenvalue weighted by atomic mass is 9.79. The number of aromatic nitrogens is 2. The van der Waals surface area contributed by atoms with E-state index in [1.807, 2.05) is 24.5 Å². The van der Waals surface area contributed by atoms with Gasteiger partial charge < -0.3 is 10.4 Å². The summed E-state index contributed by atoms with van der Waals surface area (Å²) in [7, 11) is 0. The van der Waals surface area contributed by atoms with Gasteiger partial charge in [-0.3, -0.25) is 4.40 Å². The topological polar surface area (TPSA) is 49.6 Å². The van der Waals surface area contributed by atoms with Gasteiger partial charge in [-0.25, -0.2) is 4.98 Å². The molecule has 1 aliphatic carbocycles. The third-order valence-corrected chi connectivity index (χ3v) is 4.27. The van der Waals surface area contributed by atoms with Crippen molar-refractivity contribution in [2.24, 2.45) is 11.8 Å². The SMILES string of the molecule is OCC1CCCCC1CNc1cccc2nccn12. The lowest BCUT2D eigenvalue weighted by Crippen LogP contribution is -2.29. The minimum atomic E-state index is 0.321. The Kier molecular flexibility index (Phi) is 3.69.